The Labute approximate surface area is 173 Å². The molecule has 1 aromatic heterocycles. The fourth-order valence-corrected chi connectivity index (χ4v) is 2.91. The summed E-state index contributed by atoms with van der Waals surface area (Å²) >= 11 is 11.8. The van der Waals surface area contributed by atoms with Crippen LogP contribution in [0.4, 0.5) is 4.79 Å². The summed E-state index contributed by atoms with van der Waals surface area (Å²) in [6.07, 6.45) is 3.52. The summed E-state index contributed by atoms with van der Waals surface area (Å²) in [5, 5.41) is 7.02. The molecule has 8 heteroatoms. The molecular weight excluding hydrogens is 399 g/mol. The van der Waals surface area contributed by atoms with Crippen LogP contribution < -0.4 is 15.4 Å². The number of urea groups is 1. The summed E-state index contributed by atoms with van der Waals surface area (Å²) in [5.74, 6) is 1.41. The second kappa shape index (κ2) is 9.48. The first-order chi connectivity index (χ1) is 13.5. The van der Waals surface area contributed by atoms with E-state index in [2.05, 4.69) is 15.6 Å². The highest BCUT2D eigenvalue weighted by atomic mass is 35.5. The number of nitrogens with zero attached hydrogens (tertiary/aromatic N) is 2. The summed E-state index contributed by atoms with van der Waals surface area (Å²) in [7, 11) is 1.88. The number of amides is 2. The highest BCUT2D eigenvalue weighted by Crippen LogP contribution is 2.22. The maximum atomic E-state index is 12.4. The van der Waals surface area contributed by atoms with Crippen molar-refractivity contribution in [2.75, 3.05) is 13.2 Å². The van der Waals surface area contributed by atoms with Crippen LogP contribution in [0.1, 0.15) is 17.4 Å². The van der Waals surface area contributed by atoms with E-state index in [-0.39, 0.29) is 6.03 Å². The van der Waals surface area contributed by atoms with Gasteiger partial charge < -0.3 is 19.9 Å². The third-order valence-corrected chi connectivity index (χ3v) is 4.57. The normalized spacial score (nSPS) is 11.7. The average Bonchev–Trinajstić information content (AvgIpc) is 3.11. The van der Waals surface area contributed by atoms with E-state index in [4.69, 9.17) is 27.9 Å². The van der Waals surface area contributed by atoms with E-state index in [0.717, 1.165) is 11.4 Å². The Hall–Kier alpha value is -2.70. The van der Waals surface area contributed by atoms with Crippen molar-refractivity contribution in [2.24, 2.45) is 7.05 Å². The van der Waals surface area contributed by atoms with Gasteiger partial charge >= 0.3 is 6.03 Å². The number of imidazole rings is 1. The third-order valence-electron chi connectivity index (χ3n) is 4.07. The molecule has 0 aliphatic heterocycles. The molecule has 0 bridgehead atoms. The number of ether oxygens (including phenoxy) is 1. The molecule has 2 aromatic carbocycles. The number of aromatic nitrogens is 2. The van der Waals surface area contributed by atoms with Gasteiger partial charge in [0.15, 0.2) is 0 Å². The SMILES string of the molecule is Cn1ccnc1C(NC(=O)NCCOc1ccc(Cl)cc1)c1ccc(Cl)cc1. The molecule has 0 spiro atoms. The molecular formula is C20H20Cl2N4O2. The highest BCUT2D eigenvalue weighted by molar-refractivity contribution is 6.30. The van der Waals surface area contributed by atoms with Gasteiger partial charge in [-0.3, -0.25) is 0 Å². The van der Waals surface area contributed by atoms with E-state index < -0.39 is 6.04 Å². The van der Waals surface area contributed by atoms with E-state index in [0.29, 0.717) is 28.9 Å². The van der Waals surface area contributed by atoms with Gasteiger partial charge in [-0.1, -0.05) is 35.3 Å². The van der Waals surface area contributed by atoms with E-state index in [1.165, 1.54) is 0 Å². The van der Waals surface area contributed by atoms with Crippen LogP contribution in [0.5, 0.6) is 5.75 Å². The number of halogens is 2. The van der Waals surface area contributed by atoms with Crippen molar-refractivity contribution in [3.05, 3.63) is 82.4 Å². The van der Waals surface area contributed by atoms with Gasteiger partial charge in [-0.05, 0) is 42.0 Å². The molecule has 3 rings (SSSR count). The molecule has 6 nitrogen and oxygen atoms in total. The second-order valence-electron chi connectivity index (χ2n) is 6.08. The largest absolute Gasteiger partial charge is 0.492 e. The second-order valence-corrected chi connectivity index (χ2v) is 6.96. The first-order valence-corrected chi connectivity index (χ1v) is 9.44. The Balaban J connectivity index is 1.57. The van der Waals surface area contributed by atoms with Crippen molar-refractivity contribution < 1.29 is 9.53 Å². The molecule has 1 heterocycles. The zero-order valence-electron chi connectivity index (χ0n) is 15.2. The van der Waals surface area contributed by atoms with Gasteiger partial charge in [0.05, 0.1) is 6.54 Å². The summed E-state index contributed by atoms with van der Waals surface area (Å²) in [6, 6.07) is 13.6. The minimum absolute atomic E-state index is 0.317. The molecule has 0 fully saturated rings. The topological polar surface area (TPSA) is 68.2 Å². The van der Waals surface area contributed by atoms with Crippen molar-refractivity contribution in [3.8, 4) is 5.75 Å². The Morgan fingerprint density at radius 1 is 1.11 bits per heavy atom. The molecule has 0 saturated heterocycles. The monoisotopic (exact) mass is 418 g/mol. The maximum Gasteiger partial charge on any atom is 0.315 e. The lowest BCUT2D eigenvalue weighted by Gasteiger charge is -2.19. The number of carbonyl (C=O) groups excluding carboxylic acids is 1. The van der Waals surface area contributed by atoms with Gasteiger partial charge in [0, 0.05) is 29.5 Å². The first-order valence-electron chi connectivity index (χ1n) is 8.68. The van der Waals surface area contributed by atoms with Crippen LogP contribution in [0.2, 0.25) is 10.0 Å². The van der Waals surface area contributed by atoms with Crippen LogP contribution in [0.15, 0.2) is 60.9 Å². The molecule has 28 heavy (non-hydrogen) atoms. The minimum Gasteiger partial charge on any atom is -0.492 e. The highest BCUT2D eigenvalue weighted by Gasteiger charge is 2.20. The molecule has 0 aliphatic rings. The number of benzene rings is 2. The van der Waals surface area contributed by atoms with Crippen LogP contribution in [0.3, 0.4) is 0 Å². The van der Waals surface area contributed by atoms with Gasteiger partial charge in [-0.25, -0.2) is 9.78 Å². The molecule has 3 aromatic rings. The Morgan fingerprint density at radius 3 is 2.36 bits per heavy atom. The van der Waals surface area contributed by atoms with Crippen molar-refractivity contribution in [1.29, 1.82) is 0 Å². The molecule has 2 N–H and O–H groups in total. The lowest BCUT2D eigenvalue weighted by Crippen LogP contribution is -2.40. The van der Waals surface area contributed by atoms with Crippen molar-refractivity contribution in [3.63, 3.8) is 0 Å². The van der Waals surface area contributed by atoms with E-state index >= 15 is 0 Å². The number of nitrogens with one attached hydrogen (secondary N) is 2. The van der Waals surface area contributed by atoms with Gasteiger partial charge in [-0.15, -0.1) is 0 Å². The van der Waals surface area contributed by atoms with Crippen molar-refractivity contribution >= 4 is 29.2 Å². The molecule has 1 atom stereocenters. The van der Waals surface area contributed by atoms with Crippen LogP contribution in [-0.4, -0.2) is 28.7 Å². The number of rotatable bonds is 7. The van der Waals surface area contributed by atoms with E-state index in [1.54, 1.807) is 42.6 Å². The number of carbonyl (C=O) groups is 1. The Bertz CT molecular complexity index is 911. The van der Waals surface area contributed by atoms with Crippen molar-refractivity contribution in [2.45, 2.75) is 6.04 Å². The van der Waals surface area contributed by atoms with Crippen LogP contribution in [0.25, 0.3) is 0 Å². The lowest BCUT2D eigenvalue weighted by atomic mass is 10.1. The van der Waals surface area contributed by atoms with Crippen LogP contribution >= 0.6 is 23.2 Å². The smallest absolute Gasteiger partial charge is 0.315 e. The summed E-state index contributed by atoms with van der Waals surface area (Å²) < 4.78 is 7.44. The summed E-state index contributed by atoms with van der Waals surface area (Å²) in [4.78, 5) is 16.8. The van der Waals surface area contributed by atoms with E-state index in [9.17, 15) is 4.79 Å². The fourth-order valence-electron chi connectivity index (χ4n) is 2.65. The van der Waals surface area contributed by atoms with Crippen molar-refractivity contribution in [1.82, 2.24) is 20.2 Å². The maximum absolute atomic E-state index is 12.4. The predicted octanol–water partition coefficient (Wildman–Crippen LogP) is 4.19. The third kappa shape index (κ3) is 5.41. The summed E-state index contributed by atoms with van der Waals surface area (Å²) in [5.41, 5.74) is 0.881. The van der Waals surface area contributed by atoms with Gasteiger partial charge in [0.25, 0.3) is 0 Å². The predicted molar refractivity (Wildman–Crippen MR) is 110 cm³/mol. The number of aryl methyl sites for hydroxylation is 1. The van der Waals surface area contributed by atoms with Gasteiger partial charge in [-0.2, -0.15) is 0 Å². The lowest BCUT2D eigenvalue weighted by molar-refractivity contribution is 0.234. The molecule has 1 unspecified atom stereocenters. The van der Waals surface area contributed by atoms with E-state index in [1.807, 2.05) is 29.9 Å². The van der Waals surface area contributed by atoms with Gasteiger partial charge in [0.1, 0.15) is 24.2 Å². The molecule has 2 amide bonds. The number of hydrogen-bond donors (Lipinski definition) is 2. The standard InChI is InChI=1S/C20H20Cl2N4O2/c1-26-12-10-23-19(26)18(14-2-4-15(21)5-3-14)25-20(27)24-11-13-28-17-8-6-16(22)7-9-17/h2-10,12,18H,11,13H2,1H3,(H2,24,25,27). The minimum atomic E-state index is -0.408. The molecule has 0 aliphatic carbocycles. The molecule has 0 radical (unpaired) electrons. The first kappa shape index (κ1) is 20.0. The quantitative estimate of drug-likeness (QED) is 0.565. The van der Waals surface area contributed by atoms with Crippen LogP contribution in [-0.2, 0) is 7.05 Å². The fraction of sp³-hybridized carbons (Fsp3) is 0.200. The molecule has 146 valence electrons. The zero-order valence-corrected chi connectivity index (χ0v) is 16.7. The zero-order chi connectivity index (χ0) is 19.9. The van der Waals surface area contributed by atoms with Crippen LogP contribution in [0, 0.1) is 0 Å². The average molecular weight is 419 g/mol. The van der Waals surface area contributed by atoms with Gasteiger partial charge in [0.2, 0.25) is 0 Å². The molecule has 0 saturated carbocycles. The Morgan fingerprint density at radius 2 is 1.75 bits per heavy atom. The number of hydrogen-bond acceptors (Lipinski definition) is 3. The summed E-state index contributed by atoms with van der Waals surface area (Å²) in [6.45, 7) is 0.686. The Kier molecular flexibility index (Phi) is 6.79.